The lowest BCUT2D eigenvalue weighted by atomic mass is 10.2. The Morgan fingerprint density at radius 1 is 1.18 bits per heavy atom. The first kappa shape index (κ1) is 23.9. The number of nitrogens with zero attached hydrogens (tertiary/aromatic N) is 4. The molecule has 5 rings (SSSR count). The molecule has 0 saturated carbocycles. The number of hydrogen-bond donors (Lipinski definition) is 3. The molecule has 2 aliphatic rings. The van der Waals surface area contributed by atoms with Gasteiger partial charge in [0.1, 0.15) is 11.6 Å². The lowest BCUT2D eigenvalue weighted by molar-refractivity contribution is 0.0106. The van der Waals surface area contributed by atoms with E-state index in [1.807, 2.05) is 18.2 Å². The molecule has 2 aliphatic heterocycles. The van der Waals surface area contributed by atoms with Crippen molar-refractivity contribution in [2.75, 3.05) is 24.0 Å². The van der Waals surface area contributed by atoms with Gasteiger partial charge in [0.2, 0.25) is 0 Å². The molecule has 0 radical (unpaired) electrons. The summed E-state index contributed by atoms with van der Waals surface area (Å²) in [5.74, 6) is -0.678. The number of anilines is 2. The summed E-state index contributed by atoms with van der Waals surface area (Å²) < 4.78 is 35.5. The Labute approximate surface area is 200 Å². The van der Waals surface area contributed by atoms with Crippen LogP contribution in [0.25, 0.3) is 5.52 Å². The number of ether oxygens (including phenoxy) is 1. The van der Waals surface area contributed by atoms with Gasteiger partial charge in [-0.2, -0.15) is 5.10 Å². The van der Waals surface area contributed by atoms with Gasteiger partial charge in [-0.15, -0.1) is 0 Å². The van der Waals surface area contributed by atoms with Gasteiger partial charge < -0.3 is 28.8 Å². The van der Waals surface area contributed by atoms with Gasteiger partial charge in [0.15, 0.2) is 16.9 Å². The molecule has 11 nitrogen and oxygen atoms in total. The summed E-state index contributed by atoms with van der Waals surface area (Å²) in [6, 6.07) is 10.0. The average Bonchev–Trinajstić information content (AvgIpc) is 3.48. The first-order valence-electron chi connectivity index (χ1n) is 10.7. The lowest BCUT2D eigenvalue weighted by Gasteiger charge is -2.21. The maximum absolute atomic E-state index is 11.9. The molecule has 182 valence electrons. The molecule has 0 bridgehead atoms. The highest BCUT2D eigenvalue weighted by molar-refractivity contribution is 7.70. The third-order valence-corrected chi connectivity index (χ3v) is 9.52. The minimum absolute atomic E-state index is 0.266. The monoisotopic (exact) mass is 528 g/mol. The fraction of sp³-hybridized carbons (Fsp3) is 0.400. The summed E-state index contributed by atoms with van der Waals surface area (Å²) in [5.41, 5.74) is 4.05. The highest BCUT2D eigenvalue weighted by atomic mass is 35.5. The van der Waals surface area contributed by atoms with Gasteiger partial charge >= 0.3 is 15.2 Å². The van der Waals surface area contributed by atoms with Crippen LogP contribution in [0.3, 0.4) is 0 Å². The Morgan fingerprint density at radius 2 is 1.97 bits per heavy atom. The van der Waals surface area contributed by atoms with E-state index in [1.54, 1.807) is 10.7 Å². The molecule has 1 saturated heterocycles. The summed E-state index contributed by atoms with van der Waals surface area (Å²) in [6.45, 7) is 0.544. The minimum atomic E-state index is -4.68. The minimum Gasteiger partial charge on any atom is -0.365 e. The molecule has 0 aliphatic carbocycles. The topological polar surface area (TPSA) is 147 Å². The second-order valence-electron chi connectivity index (χ2n) is 8.36. The van der Waals surface area contributed by atoms with Crippen molar-refractivity contribution < 1.29 is 33.1 Å². The summed E-state index contributed by atoms with van der Waals surface area (Å²) in [4.78, 5) is 34.3. The number of imidazole rings is 1. The quantitative estimate of drug-likeness (QED) is 0.388. The molecular formula is C20H23ClN4O7P2. The predicted octanol–water partition coefficient (Wildman–Crippen LogP) is 3.63. The molecule has 0 amide bonds. The molecule has 2 aromatic heterocycles. The standard InChI is InChI=1S/C20H23ClN4O7P2/c21-19-9-16(24-8-7-13-3-1-2-4-15(13)24)17-10-22-20(25(17)23-19)18-6-5-14(32-18)11-31-34(29,30)12-33(26,27)28/h1-4,9-10,14,18H,5-8,11-12H2,(H,29,30)(H2,26,27,28)/t14-,18+/m0/s1. The molecule has 0 spiro atoms. The van der Waals surface area contributed by atoms with Crippen LogP contribution in [0, 0.1) is 0 Å². The van der Waals surface area contributed by atoms with Crippen LogP contribution >= 0.6 is 26.8 Å². The number of benzene rings is 1. The van der Waals surface area contributed by atoms with Crippen molar-refractivity contribution >= 4 is 43.7 Å². The van der Waals surface area contributed by atoms with E-state index < -0.39 is 33.3 Å². The highest BCUT2D eigenvalue weighted by Crippen LogP contribution is 2.55. The molecule has 1 unspecified atom stereocenters. The van der Waals surface area contributed by atoms with Crippen molar-refractivity contribution in [1.29, 1.82) is 0 Å². The van der Waals surface area contributed by atoms with Crippen LogP contribution < -0.4 is 4.90 Å². The zero-order chi connectivity index (χ0) is 24.1. The number of para-hydroxylation sites is 1. The van der Waals surface area contributed by atoms with Gasteiger partial charge in [-0.3, -0.25) is 9.13 Å². The maximum Gasteiger partial charge on any atom is 0.340 e. The number of fused-ring (bicyclic) bond motifs is 2. The molecule has 1 fully saturated rings. The Hall–Kier alpha value is -1.81. The van der Waals surface area contributed by atoms with Crippen LogP contribution in [0.5, 0.6) is 0 Å². The van der Waals surface area contributed by atoms with E-state index >= 15 is 0 Å². The molecule has 34 heavy (non-hydrogen) atoms. The van der Waals surface area contributed by atoms with E-state index in [-0.39, 0.29) is 6.61 Å². The zero-order valence-electron chi connectivity index (χ0n) is 17.9. The fourth-order valence-corrected chi connectivity index (χ4v) is 7.23. The van der Waals surface area contributed by atoms with Crippen LogP contribution in [0.2, 0.25) is 5.15 Å². The van der Waals surface area contributed by atoms with Gasteiger partial charge in [-0.25, -0.2) is 9.50 Å². The maximum atomic E-state index is 11.9. The molecular weight excluding hydrogens is 506 g/mol. The number of rotatable bonds is 7. The number of halogens is 1. The Bertz CT molecular complexity index is 1330. The van der Waals surface area contributed by atoms with Crippen LogP contribution in [-0.2, 0) is 24.8 Å². The van der Waals surface area contributed by atoms with Crippen molar-refractivity contribution in [1.82, 2.24) is 14.6 Å². The molecule has 14 heteroatoms. The van der Waals surface area contributed by atoms with Crippen LogP contribution in [-0.4, -0.2) is 54.4 Å². The number of aromatic nitrogens is 3. The molecule has 3 aromatic rings. The van der Waals surface area contributed by atoms with Gasteiger partial charge in [0.05, 0.1) is 24.6 Å². The van der Waals surface area contributed by atoms with E-state index in [0.29, 0.717) is 23.8 Å². The van der Waals surface area contributed by atoms with Crippen molar-refractivity contribution in [3.63, 3.8) is 0 Å². The van der Waals surface area contributed by atoms with Gasteiger partial charge in [-0.05, 0) is 30.9 Å². The molecule has 4 heterocycles. The largest absolute Gasteiger partial charge is 0.365 e. The smallest absolute Gasteiger partial charge is 0.340 e. The normalized spacial score (nSPS) is 22.3. The van der Waals surface area contributed by atoms with Gasteiger partial charge in [0, 0.05) is 18.3 Å². The molecule has 3 atom stereocenters. The van der Waals surface area contributed by atoms with Crippen molar-refractivity contribution in [2.45, 2.75) is 31.5 Å². The van der Waals surface area contributed by atoms with Crippen LogP contribution in [0.4, 0.5) is 11.4 Å². The third kappa shape index (κ3) is 4.94. The Kier molecular flexibility index (Phi) is 6.33. The molecule has 1 aromatic carbocycles. The SMILES string of the molecule is O=P(O)(O)CP(=O)(O)OC[C@@H]1CC[C@H](c2ncc3c(N4CCc5ccccc54)cc(Cl)nn23)O1. The average molecular weight is 529 g/mol. The Balaban J connectivity index is 1.35. The fourth-order valence-electron chi connectivity index (χ4n) is 4.47. The van der Waals surface area contributed by atoms with E-state index in [4.69, 9.17) is 30.6 Å². The highest BCUT2D eigenvalue weighted by Gasteiger charge is 2.35. The second-order valence-corrected chi connectivity index (χ2v) is 12.7. The van der Waals surface area contributed by atoms with Gasteiger partial charge in [0.25, 0.3) is 0 Å². The van der Waals surface area contributed by atoms with E-state index in [2.05, 4.69) is 27.1 Å². The summed E-state index contributed by atoms with van der Waals surface area (Å²) >= 11 is 6.38. The summed E-state index contributed by atoms with van der Waals surface area (Å²) in [6.07, 6.45) is 2.76. The van der Waals surface area contributed by atoms with Crippen LogP contribution in [0.15, 0.2) is 36.5 Å². The predicted molar refractivity (Wildman–Crippen MR) is 125 cm³/mol. The van der Waals surface area contributed by atoms with E-state index in [0.717, 1.165) is 29.9 Å². The van der Waals surface area contributed by atoms with Crippen molar-refractivity contribution in [3.8, 4) is 0 Å². The zero-order valence-corrected chi connectivity index (χ0v) is 20.4. The molecule has 3 N–H and O–H groups in total. The van der Waals surface area contributed by atoms with Crippen molar-refractivity contribution in [3.05, 3.63) is 53.1 Å². The first-order valence-corrected chi connectivity index (χ1v) is 14.6. The Morgan fingerprint density at radius 3 is 2.76 bits per heavy atom. The third-order valence-electron chi connectivity index (χ3n) is 5.88. The van der Waals surface area contributed by atoms with Crippen LogP contribution in [0.1, 0.15) is 30.3 Å². The lowest BCUT2D eigenvalue weighted by Crippen LogP contribution is -2.17. The summed E-state index contributed by atoms with van der Waals surface area (Å²) in [5, 5.41) is 4.74. The van der Waals surface area contributed by atoms with E-state index in [1.165, 1.54) is 5.56 Å². The van der Waals surface area contributed by atoms with Crippen molar-refractivity contribution in [2.24, 2.45) is 0 Å². The first-order chi connectivity index (χ1) is 16.1. The number of hydrogen-bond acceptors (Lipinski definition) is 7. The second kappa shape index (κ2) is 9.00. The van der Waals surface area contributed by atoms with E-state index in [9.17, 15) is 14.0 Å². The summed E-state index contributed by atoms with van der Waals surface area (Å²) in [7, 11) is -9.12. The van der Waals surface area contributed by atoms with Gasteiger partial charge in [-0.1, -0.05) is 29.8 Å².